The minimum absolute atomic E-state index is 0.230. The second-order valence-corrected chi connectivity index (χ2v) is 8.77. The molecule has 2 heterocycles. The van der Waals surface area contributed by atoms with Gasteiger partial charge in [-0.1, -0.05) is 31.2 Å². The number of benzene rings is 2. The van der Waals surface area contributed by atoms with Crippen molar-refractivity contribution in [3.8, 4) is 5.75 Å². The van der Waals surface area contributed by atoms with Crippen LogP contribution in [0.2, 0.25) is 0 Å². The summed E-state index contributed by atoms with van der Waals surface area (Å²) in [6.45, 7) is 9.59. The highest BCUT2D eigenvalue weighted by molar-refractivity contribution is 5.58. The van der Waals surface area contributed by atoms with Crippen LogP contribution in [0.5, 0.6) is 5.75 Å². The Morgan fingerprint density at radius 1 is 1.06 bits per heavy atom. The van der Waals surface area contributed by atoms with Gasteiger partial charge >= 0.3 is 0 Å². The molecule has 8 heteroatoms. The molecule has 1 atom stereocenters. The summed E-state index contributed by atoms with van der Waals surface area (Å²) in [6, 6.07) is 14.6. The van der Waals surface area contributed by atoms with Gasteiger partial charge < -0.3 is 9.64 Å². The van der Waals surface area contributed by atoms with Gasteiger partial charge in [-0.15, -0.1) is 5.10 Å². The molecule has 1 fully saturated rings. The first kappa shape index (κ1) is 22.2. The van der Waals surface area contributed by atoms with Gasteiger partial charge in [-0.25, -0.2) is 9.07 Å². The molecule has 0 amide bonds. The molecule has 0 bridgehead atoms. The van der Waals surface area contributed by atoms with E-state index in [1.807, 2.05) is 28.9 Å². The molecule has 1 aliphatic rings. The maximum absolute atomic E-state index is 14.2. The Kier molecular flexibility index (Phi) is 6.41. The van der Waals surface area contributed by atoms with Crippen molar-refractivity contribution in [3.05, 3.63) is 65.7 Å². The second-order valence-electron chi connectivity index (χ2n) is 8.77. The highest BCUT2D eigenvalue weighted by Crippen LogP contribution is 2.34. The van der Waals surface area contributed by atoms with Crippen LogP contribution in [0.1, 0.15) is 44.6 Å². The Hall–Kier alpha value is -3.00. The smallest absolute Gasteiger partial charge is 0.173 e. The highest BCUT2D eigenvalue weighted by atomic mass is 19.1. The van der Waals surface area contributed by atoms with Gasteiger partial charge in [0.25, 0.3) is 0 Å². The summed E-state index contributed by atoms with van der Waals surface area (Å²) in [5.74, 6) is 1.36. The standard InChI is InChI=1S/C24H31FN6O/c1-5-24(2,3)31-23(26-27-28-31)22(18-9-8-10-19(25)17-18)30-15-13-29(14-16-30)20-11-6-7-12-21(20)32-4/h6-12,17,22H,5,13-16H2,1-4H3. The van der Waals surface area contributed by atoms with Gasteiger partial charge in [-0.05, 0) is 60.5 Å². The molecular formula is C24H31FN6O. The van der Waals surface area contributed by atoms with E-state index in [9.17, 15) is 4.39 Å². The average molecular weight is 439 g/mol. The van der Waals surface area contributed by atoms with E-state index in [2.05, 4.69) is 52.2 Å². The van der Waals surface area contributed by atoms with Gasteiger partial charge in [-0.2, -0.15) is 0 Å². The molecule has 0 saturated carbocycles. The number of nitrogens with zero attached hydrogens (tertiary/aromatic N) is 6. The number of hydrogen-bond acceptors (Lipinski definition) is 6. The molecule has 7 nitrogen and oxygen atoms in total. The van der Waals surface area contributed by atoms with Crippen molar-refractivity contribution in [3.63, 3.8) is 0 Å². The minimum atomic E-state index is -0.256. The van der Waals surface area contributed by atoms with Crippen molar-refractivity contribution in [2.45, 2.75) is 38.8 Å². The molecule has 2 aromatic carbocycles. The van der Waals surface area contributed by atoms with Crippen molar-refractivity contribution >= 4 is 5.69 Å². The Labute approximate surface area is 188 Å². The Bertz CT molecular complexity index is 1040. The zero-order valence-electron chi connectivity index (χ0n) is 19.2. The molecule has 0 aliphatic carbocycles. The molecule has 0 spiro atoms. The van der Waals surface area contributed by atoms with Crippen LogP contribution >= 0.6 is 0 Å². The van der Waals surface area contributed by atoms with Crippen molar-refractivity contribution in [2.24, 2.45) is 0 Å². The first-order valence-electron chi connectivity index (χ1n) is 11.1. The lowest BCUT2D eigenvalue weighted by Gasteiger charge is -2.40. The molecular weight excluding hydrogens is 407 g/mol. The van der Waals surface area contributed by atoms with Crippen molar-refractivity contribution in [1.29, 1.82) is 0 Å². The summed E-state index contributed by atoms with van der Waals surface area (Å²) < 4.78 is 21.7. The van der Waals surface area contributed by atoms with Crippen LogP contribution in [-0.2, 0) is 5.54 Å². The van der Waals surface area contributed by atoms with E-state index in [0.29, 0.717) is 0 Å². The Morgan fingerprint density at radius 3 is 2.50 bits per heavy atom. The number of methoxy groups -OCH3 is 1. The topological polar surface area (TPSA) is 59.3 Å². The summed E-state index contributed by atoms with van der Waals surface area (Å²) in [4.78, 5) is 4.67. The van der Waals surface area contributed by atoms with E-state index in [1.165, 1.54) is 6.07 Å². The fourth-order valence-corrected chi connectivity index (χ4v) is 4.26. The third-order valence-electron chi connectivity index (χ3n) is 6.45. The first-order valence-corrected chi connectivity index (χ1v) is 11.1. The van der Waals surface area contributed by atoms with E-state index >= 15 is 0 Å². The molecule has 32 heavy (non-hydrogen) atoms. The SMILES string of the molecule is CCC(C)(C)n1nnnc1C(c1cccc(F)c1)N1CCN(c2ccccc2OC)CC1. The lowest BCUT2D eigenvalue weighted by Crippen LogP contribution is -2.49. The van der Waals surface area contributed by atoms with Gasteiger partial charge in [0.05, 0.1) is 24.4 Å². The highest BCUT2D eigenvalue weighted by Gasteiger charge is 2.34. The number of para-hydroxylation sites is 2. The van der Waals surface area contributed by atoms with Gasteiger partial charge in [0.2, 0.25) is 0 Å². The number of tetrazole rings is 1. The summed E-state index contributed by atoms with van der Waals surface area (Å²) in [6.07, 6.45) is 0.877. The lowest BCUT2D eigenvalue weighted by molar-refractivity contribution is 0.186. The monoisotopic (exact) mass is 438 g/mol. The summed E-state index contributed by atoms with van der Waals surface area (Å²) in [5.41, 5.74) is 1.71. The van der Waals surface area contributed by atoms with Crippen LogP contribution in [0.25, 0.3) is 0 Å². The first-order chi connectivity index (χ1) is 15.4. The molecule has 3 aromatic rings. The summed E-state index contributed by atoms with van der Waals surface area (Å²) in [5, 5.41) is 12.7. The second kappa shape index (κ2) is 9.24. The van der Waals surface area contributed by atoms with Gasteiger partial charge in [-0.3, -0.25) is 4.90 Å². The molecule has 170 valence electrons. The summed E-state index contributed by atoms with van der Waals surface area (Å²) in [7, 11) is 1.70. The van der Waals surface area contributed by atoms with Gasteiger partial charge in [0, 0.05) is 26.2 Å². The predicted octanol–water partition coefficient (Wildman–Crippen LogP) is 3.88. The number of piperazine rings is 1. The molecule has 1 unspecified atom stereocenters. The zero-order valence-corrected chi connectivity index (χ0v) is 19.2. The maximum atomic E-state index is 14.2. The van der Waals surface area contributed by atoms with E-state index in [0.717, 1.165) is 55.4 Å². The minimum Gasteiger partial charge on any atom is -0.495 e. The van der Waals surface area contributed by atoms with Crippen LogP contribution in [-0.4, -0.2) is 58.4 Å². The number of aromatic nitrogens is 4. The number of rotatable bonds is 7. The third-order valence-corrected chi connectivity index (χ3v) is 6.45. The summed E-state index contributed by atoms with van der Waals surface area (Å²) >= 11 is 0. The number of ether oxygens (including phenoxy) is 1. The maximum Gasteiger partial charge on any atom is 0.173 e. The molecule has 0 N–H and O–H groups in total. The molecule has 0 radical (unpaired) electrons. The van der Waals surface area contributed by atoms with E-state index in [-0.39, 0.29) is 17.4 Å². The van der Waals surface area contributed by atoms with Crippen LogP contribution in [0.3, 0.4) is 0 Å². The third kappa shape index (κ3) is 4.32. The molecule has 4 rings (SSSR count). The van der Waals surface area contributed by atoms with Crippen LogP contribution in [0.4, 0.5) is 10.1 Å². The Balaban J connectivity index is 1.65. The zero-order chi connectivity index (χ0) is 22.7. The fraction of sp³-hybridized carbons (Fsp3) is 0.458. The van der Waals surface area contributed by atoms with Crippen LogP contribution < -0.4 is 9.64 Å². The van der Waals surface area contributed by atoms with Gasteiger partial charge in [0.1, 0.15) is 11.6 Å². The molecule has 1 aromatic heterocycles. The average Bonchev–Trinajstić information content (AvgIpc) is 3.30. The van der Waals surface area contributed by atoms with Crippen molar-refractivity contribution in [2.75, 3.05) is 38.2 Å². The van der Waals surface area contributed by atoms with E-state index in [4.69, 9.17) is 4.74 Å². The number of hydrogen-bond donors (Lipinski definition) is 0. The lowest BCUT2D eigenvalue weighted by atomic mass is 9.99. The Morgan fingerprint density at radius 2 is 1.81 bits per heavy atom. The van der Waals surface area contributed by atoms with Crippen LogP contribution in [0, 0.1) is 5.82 Å². The van der Waals surface area contributed by atoms with E-state index in [1.54, 1.807) is 19.2 Å². The van der Waals surface area contributed by atoms with E-state index < -0.39 is 0 Å². The van der Waals surface area contributed by atoms with Gasteiger partial charge in [0.15, 0.2) is 5.82 Å². The normalized spacial score (nSPS) is 16.2. The number of halogens is 1. The van der Waals surface area contributed by atoms with Crippen molar-refractivity contribution < 1.29 is 9.13 Å². The van der Waals surface area contributed by atoms with Crippen LogP contribution in [0.15, 0.2) is 48.5 Å². The molecule has 1 saturated heterocycles. The predicted molar refractivity (Wildman–Crippen MR) is 122 cm³/mol. The quantitative estimate of drug-likeness (QED) is 0.558. The van der Waals surface area contributed by atoms with Crippen molar-refractivity contribution in [1.82, 2.24) is 25.1 Å². The molecule has 1 aliphatic heterocycles. The number of anilines is 1. The largest absolute Gasteiger partial charge is 0.495 e. The fourth-order valence-electron chi connectivity index (χ4n) is 4.26.